The van der Waals surface area contributed by atoms with Gasteiger partial charge in [-0.3, -0.25) is 4.52 Å². The number of phosphoric ester groups is 1. The second kappa shape index (κ2) is 6.83. The maximum absolute atomic E-state index is 9.97. The number of hydrogen-bond acceptors (Lipinski definition) is 3. The summed E-state index contributed by atoms with van der Waals surface area (Å²) in [5.41, 5.74) is 0. The van der Waals surface area contributed by atoms with E-state index in [-0.39, 0.29) is 35.4 Å². The normalized spacial score (nSPS) is 13.8. The van der Waals surface area contributed by atoms with Gasteiger partial charge in [0.2, 0.25) is 0 Å². The van der Waals surface area contributed by atoms with Gasteiger partial charge in [-0.25, -0.2) is 4.57 Å². The minimum absolute atomic E-state index is 0. The van der Waals surface area contributed by atoms with Gasteiger partial charge in [0.05, 0.1) is 18.6 Å². The molecule has 0 aliphatic carbocycles. The molecule has 5 nitrogen and oxygen atoms in total. The Kier molecular flexibility index (Phi) is 9.23. The fourth-order valence-electron chi connectivity index (χ4n) is 0.228. The zero-order valence-electron chi connectivity index (χ0n) is 4.97. The molecular weight excluding hydrogens is 205 g/mol. The van der Waals surface area contributed by atoms with E-state index < -0.39 is 20.5 Å². The summed E-state index contributed by atoms with van der Waals surface area (Å²) < 4.78 is 13.9. The molecule has 1 atom stereocenters. The van der Waals surface area contributed by atoms with Crippen molar-refractivity contribution in [1.29, 1.82) is 0 Å². The summed E-state index contributed by atoms with van der Waals surface area (Å²) >= 11 is 5.10. The number of hydrogen-bond donors (Lipinski definition) is 3. The SMILES string of the molecule is O=P(O)(O)OCC(O)CCl.[NaH]. The molecule has 0 saturated carbocycles. The van der Waals surface area contributed by atoms with Crippen LogP contribution in [-0.2, 0) is 9.09 Å². The third-order valence-corrected chi connectivity index (χ3v) is 1.45. The van der Waals surface area contributed by atoms with Gasteiger partial charge in [-0.15, -0.1) is 11.6 Å². The molecule has 1 unspecified atom stereocenters. The molecule has 0 aromatic carbocycles. The van der Waals surface area contributed by atoms with Gasteiger partial charge in [0.1, 0.15) is 0 Å². The van der Waals surface area contributed by atoms with Crippen LogP contribution in [0.15, 0.2) is 0 Å². The first-order chi connectivity index (χ1) is 4.45. The fraction of sp³-hybridized carbons (Fsp3) is 1.00. The van der Waals surface area contributed by atoms with Crippen LogP contribution in [0.1, 0.15) is 0 Å². The molecule has 3 N–H and O–H groups in total. The van der Waals surface area contributed by atoms with Gasteiger partial charge < -0.3 is 14.9 Å². The van der Waals surface area contributed by atoms with E-state index in [0.717, 1.165) is 0 Å². The van der Waals surface area contributed by atoms with E-state index in [1.807, 2.05) is 0 Å². The molecule has 11 heavy (non-hydrogen) atoms. The van der Waals surface area contributed by atoms with Crippen LogP contribution in [0.5, 0.6) is 0 Å². The van der Waals surface area contributed by atoms with Crippen LogP contribution < -0.4 is 0 Å². The second-order valence-electron chi connectivity index (χ2n) is 1.59. The van der Waals surface area contributed by atoms with Crippen LogP contribution in [0.2, 0.25) is 0 Å². The topological polar surface area (TPSA) is 87.0 Å². The molecule has 8 heteroatoms. The van der Waals surface area contributed by atoms with E-state index in [2.05, 4.69) is 4.52 Å². The first-order valence-electron chi connectivity index (χ1n) is 2.40. The molecule has 0 heterocycles. The zero-order valence-corrected chi connectivity index (χ0v) is 6.63. The van der Waals surface area contributed by atoms with Crippen LogP contribution in [0.3, 0.4) is 0 Å². The monoisotopic (exact) mass is 214 g/mol. The third kappa shape index (κ3) is 11.4. The first-order valence-corrected chi connectivity index (χ1v) is 4.46. The van der Waals surface area contributed by atoms with Crippen molar-refractivity contribution in [3.8, 4) is 0 Å². The molecule has 0 radical (unpaired) electrons. The molecule has 0 amide bonds. The minimum atomic E-state index is -4.45. The van der Waals surface area contributed by atoms with E-state index >= 15 is 0 Å². The summed E-state index contributed by atoms with van der Waals surface area (Å²) in [5, 5.41) is 8.62. The van der Waals surface area contributed by atoms with Crippen LogP contribution >= 0.6 is 19.4 Å². The van der Waals surface area contributed by atoms with Gasteiger partial charge in [0, 0.05) is 0 Å². The second-order valence-corrected chi connectivity index (χ2v) is 3.14. The van der Waals surface area contributed by atoms with Gasteiger partial charge in [-0.2, -0.15) is 0 Å². The van der Waals surface area contributed by atoms with Gasteiger partial charge >= 0.3 is 37.4 Å². The molecule has 64 valence electrons. The van der Waals surface area contributed by atoms with Crippen LogP contribution in [-0.4, -0.2) is 63.0 Å². The predicted molar refractivity (Wildman–Crippen MR) is 41.9 cm³/mol. The van der Waals surface area contributed by atoms with Crippen LogP contribution in [0, 0.1) is 0 Å². The molecule has 0 aliphatic rings. The van der Waals surface area contributed by atoms with Crippen LogP contribution in [0.4, 0.5) is 0 Å². The Balaban J connectivity index is 0. The Morgan fingerprint density at radius 2 is 2.00 bits per heavy atom. The first kappa shape index (κ1) is 14.9. The number of phosphoric acid groups is 1. The van der Waals surface area contributed by atoms with Crippen molar-refractivity contribution in [3.63, 3.8) is 0 Å². The molecule has 0 aromatic rings. The number of halogens is 1. The van der Waals surface area contributed by atoms with Crippen LogP contribution in [0.25, 0.3) is 0 Å². The van der Waals surface area contributed by atoms with Crippen molar-refractivity contribution in [3.05, 3.63) is 0 Å². The average Bonchev–Trinajstić information content (AvgIpc) is 1.81. The van der Waals surface area contributed by atoms with Gasteiger partial charge in [0.25, 0.3) is 0 Å². The van der Waals surface area contributed by atoms with E-state index in [4.69, 9.17) is 26.5 Å². The summed E-state index contributed by atoms with van der Waals surface area (Å²) in [4.78, 5) is 16.2. The molecule has 0 spiro atoms. The molecule has 0 saturated heterocycles. The Morgan fingerprint density at radius 3 is 2.27 bits per heavy atom. The summed E-state index contributed by atoms with van der Waals surface area (Å²) in [7, 11) is -4.45. The van der Waals surface area contributed by atoms with Crippen molar-refractivity contribution in [1.82, 2.24) is 0 Å². The summed E-state index contributed by atoms with van der Waals surface area (Å²) in [5.74, 6) is -0.111. The molecule has 0 aliphatic heterocycles. The van der Waals surface area contributed by atoms with E-state index in [1.54, 1.807) is 0 Å². The molecule has 0 rings (SSSR count). The zero-order chi connectivity index (χ0) is 8.20. The Morgan fingerprint density at radius 1 is 1.55 bits per heavy atom. The summed E-state index contributed by atoms with van der Waals surface area (Å²) in [6.45, 7) is -0.451. The molecule has 0 bridgehead atoms. The van der Waals surface area contributed by atoms with Crippen molar-refractivity contribution in [2.75, 3.05) is 12.5 Å². The van der Waals surface area contributed by atoms with Crippen molar-refractivity contribution in [2.45, 2.75) is 6.10 Å². The Bertz CT molecular complexity index is 138. The third-order valence-electron chi connectivity index (χ3n) is 0.613. The molecular formula is C3H9ClNaO5P. The summed E-state index contributed by atoms with van der Waals surface area (Å²) in [6.07, 6.45) is -1.03. The molecule has 0 aromatic heterocycles. The maximum atomic E-state index is 9.97. The quantitative estimate of drug-likeness (QED) is 0.319. The number of rotatable bonds is 4. The average molecular weight is 215 g/mol. The standard InChI is InChI=1S/C3H8ClO5P.Na.H/c4-1-3(5)2-9-10(6,7)8;;/h3,5H,1-2H2,(H2,6,7,8);;. The molecule has 0 fully saturated rings. The predicted octanol–water partition coefficient (Wildman–Crippen LogP) is -0.953. The van der Waals surface area contributed by atoms with Gasteiger partial charge in [-0.05, 0) is 0 Å². The number of alkyl halides is 1. The van der Waals surface area contributed by atoms with Crippen molar-refractivity contribution in [2.24, 2.45) is 0 Å². The number of aliphatic hydroxyl groups is 1. The summed E-state index contributed by atoms with van der Waals surface area (Å²) in [6, 6.07) is 0. The number of aliphatic hydroxyl groups excluding tert-OH is 1. The van der Waals surface area contributed by atoms with Gasteiger partial charge in [-0.1, -0.05) is 0 Å². The van der Waals surface area contributed by atoms with E-state index in [1.165, 1.54) is 0 Å². The van der Waals surface area contributed by atoms with Gasteiger partial charge in [0.15, 0.2) is 0 Å². The Hall–Kier alpha value is 1.36. The van der Waals surface area contributed by atoms with E-state index in [9.17, 15) is 4.57 Å². The van der Waals surface area contributed by atoms with Crippen molar-refractivity contribution < 1.29 is 24.0 Å². The fourth-order valence-corrected chi connectivity index (χ4v) is 0.683. The van der Waals surface area contributed by atoms with Crippen molar-refractivity contribution >= 4 is 49.0 Å². The Labute approximate surface area is 91.2 Å². The van der Waals surface area contributed by atoms with E-state index in [0.29, 0.717) is 0 Å².